The number of piperidine rings is 1. The summed E-state index contributed by atoms with van der Waals surface area (Å²) in [6.45, 7) is 6.11. The topological polar surface area (TPSA) is 58.4 Å². The van der Waals surface area contributed by atoms with E-state index in [0.717, 1.165) is 30.8 Å². The largest absolute Gasteiger partial charge is 0.345 e. The summed E-state index contributed by atoms with van der Waals surface area (Å²) in [6, 6.07) is 2.33. The zero-order chi connectivity index (χ0) is 15.9. The van der Waals surface area contributed by atoms with Crippen molar-refractivity contribution in [3.8, 4) is 0 Å². The number of rotatable bonds is 2. The normalized spacial score (nSPS) is 25.9. The lowest BCUT2D eigenvalue weighted by Crippen LogP contribution is -2.44. The Morgan fingerprint density at radius 3 is 2.68 bits per heavy atom. The Morgan fingerprint density at radius 1 is 1.32 bits per heavy atom. The van der Waals surface area contributed by atoms with E-state index in [1.807, 2.05) is 11.8 Å². The smallest absolute Gasteiger partial charge is 0.228 e. The number of carbonyl (C=O) groups is 2. The van der Waals surface area contributed by atoms with Crippen LogP contribution in [0.15, 0.2) is 6.07 Å². The Morgan fingerprint density at radius 2 is 2.09 bits per heavy atom. The van der Waals surface area contributed by atoms with E-state index in [-0.39, 0.29) is 23.8 Å². The Hall–Kier alpha value is -1.85. The maximum absolute atomic E-state index is 12.7. The number of aromatic nitrogens is 2. The molecule has 3 rings (SSSR count). The first-order valence-electron chi connectivity index (χ1n) is 8.01. The molecule has 2 fully saturated rings. The Bertz CT molecular complexity index is 595. The zero-order valence-electron chi connectivity index (χ0n) is 13.6. The monoisotopic (exact) mass is 304 g/mol. The van der Waals surface area contributed by atoms with Gasteiger partial charge in [-0.15, -0.1) is 0 Å². The van der Waals surface area contributed by atoms with Crippen LogP contribution in [0.4, 0.5) is 0 Å². The Kier molecular flexibility index (Phi) is 3.93. The van der Waals surface area contributed by atoms with Crippen molar-refractivity contribution < 1.29 is 9.59 Å². The van der Waals surface area contributed by atoms with Crippen LogP contribution < -0.4 is 0 Å². The second-order valence-corrected chi connectivity index (χ2v) is 6.63. The van der Waals surface area contributed by atoms with Gasteiger partial charge >= 0.3 is 0 Å². The van der Waals surface area contributed by atoms with Gasteiger partial charge in [-0.05, 0) is 32.8 Å². The molecule has 2 amide bonds. The maximum Gasteiger partial charge on any atom is 0.228 e. The third kappa shape index (κ3) is 2.74. The third-order valence-electron chi connectivity index (χ3n) is 4.79. The average Bonchev–Trinajstić information content (AvgIpc) is 3.00. The van der Waals surface area contributed by atoms with Crippen molar-refractivity contribution in [2.24, 2.45) is 5.92 Å². The molecule has 0 N–H and O–H groups in total. The van der Waals surface area contributed by atoms with Crippen LogP contribution in [0, 0.1) is 19.8 Å². The molecule has 0 aromatic carbocycles. The number of hydrogen-bond donors (Lipinski definition) is 0. The van der Waals surface area contributed by atoms with Gasteiger partial charge in [0, 0.05) is 38.8 Å². The van der Waals surface area contributed by atoms with Crippen LogP contribution in [0.3, 0.4) is 0 Å². The highest BCUT2D eigenvalue weighted by molar-refractivity contribution is 5.89. The first-order chi connectivity index (χ1) is 10.5. The fourth-order valence-electron chi connectivity index (χ4n) is 3.66. The molecular weight excluding hydrogens is 280 g/mol. The van der Waals surface area contributed by atoms with Crippen molar-refractivity contribution in [1.29, 1.82) is 0 Å². The van der Waals surface area contributed by atoms with Gasteiger partial charge in [0.1, 0.15) is 0 Å². The van der Waals surface area contributed by atoms with Crippen molar-refractivity contribution in [1.82, 2.24) is 19.6 Å². The number of hydrogen-bond acceptors (Lipinski definition) is 3. The van der Waals surface area contributed by atoms with E-state index in [1.54, 1.807) is 11.9 Å². The van der Waals surface area contributed by atoms with Crippen LogP contribution in [-0.4, -0.2) is 58.1 Å². The molecule has 2 saturated heterocycles. The molecular formula is C16H24N4O2. The molecule has 0 saturated carbocycles. The molecule has 22 heavy (non-hydrogen) atoms. The third-order valence-corrected chi connectivity index (χ3v) is 4.79. The van der Waals surface area contributed by atoms with Crippen molar-refractivity contribution in [3.05, 3.63) is 17.5 Å². The highest BCUT2D eigenvalue weighted by Crippen LogP contribution is 2.26. The number of nitrogens with zero attached hydrogens (tertiary/aromatic N) is 4. The number of amides is 2. The van der Waals surface area contributed by atoms with Crippen LogP contribution >= 0.6 is 0 Å². The van der Waals surface area contributed by atoms with Crippen LogP contribution in [0.2, 0.25) is 0 Å². The summed E-state index contributed by atoms with van der Waals surface area (Å²) < 4.78 is 2.06. The van der Waals surface area contributed by atoms with Gasteiger partial charge in [-0.2, -0.15) is 5.10 Å². The van der Waals surface area contributed by atoms with Gasteiger partial charge in [-0.3, -0.25) is 14.3 Å². The minimum atomic E-state index is -0.170. The summed E-state index contributed by atoms with van der Waals surface area (Å²) >= 11 is 0. The summed E-state index contributed by atoms with van der Waals surface area (Å²) in [5.74, 6) is 0.0334. The molecule has 0 bridgehead atoms. The van der Waals surface area contributed by atoms with E-state index < -0.39 is 0 Å². The van der Waals surface area contributed by atoms with Crippen LogP contribution in [0.5, 0.6) is 0 Å². The quantitative estimate of drug-likeness (QED) is 0.823. The molecule has 1 aromatic heterocycles. The molecule has 6 nitrogen and oxygen atoms in total. The van der Waals surface area contributed by atoms with Gasteiger partial charge in [0.2, 0.25) is 11.8 Å². The highest BCUT2D eigenvalue weighted by Gasteiger charge is 2.36. The van der Waals surface area contributed by atoms with Gasteiger partial charge in [0.25, 0.3) is 0 Å². The number of aryl methyl sites for hydroxylation is 2. The van der Waals surface area contributed by atoms with E-state index in [0.29, 0.717) is 19.5 Å². The molecule has 3 heterocycles. The lowest BCUT2D eigenvalue weighted by Gasteiger charge is -2.34. The predicted molar refractivity (Wildman–Crippen MR) is 82.3 cm³/mol. The highest BCUT2D eigenvalue weighted by atomic mass is 16.2. The first-order valence-corrected chi connectivity index (χ1v) is 8.01. The van der Waals surface area contributed by atoms with Crippen LogP contribution in [-0.2, 0) is 9.59 Å². The molecule has 0 spiro atoms. The van der Waals surface area contributed by atoms with Crippen molar-refractivity contribution in [2.45, 2.75) is 39.2 Å². The van der Waals surface area contributed by atoms with E-state index in [1.165, 1.54) is 0 Å². The molecule has 6 heteroatoms. The molecule has 2 aliphatic rings. The molecule has 0 unspecified atom stereocenters. The second-order valence-electron chi connectivity index (χ2n) is 6.63. The van der Waals surface area contributed by atoms with E-state index in [2.05, 4.69) is 22.8 Å². The second kappa shape index (κ2) is 5.74. The summed E-state index contributed by atoms with van der Waals surface area (Å²) in [7, 11) is 1.77. The van der Waals surface area contributed by atoms with Gasteiger partial charge < -0.3 is 9.80 Å². The van der Waals surface area contributed by atoms with E-state index in [4.69, 9.17) is 0 Å². The molecule has 0 aliphatic carbocycles. The minimum Gasteiger partial charge on any atom is -0.345 e. The minimum absolute atomic E-state index is 0.0745. The maximum atomic E-state index is 12.7. The fourth-order valence-corrected chi connectivity index (χ4v) is 3.66. The standard InChI is InChI=1S/C16H24N4O2/c1-11-7-12(2)20(17-11)14-5-4-6-19(10-14)16(22)13-8-15(21)18(3)9-13/h7,13-14H,4-6,8-10H2,1-3H3/t13-,14-/m1/s1. The predicted octanol–water partition coefficient (Wildman–Crippen LogP) is 1.14. The first kappa shape index (κ1) is 15.1. The van der Waals surface area contributed by atoms with E-state index >= 15 is 0 Å². The molecule has 2 atom stereocenters. The SMILES string of the molecule is Cc1cc(C)n([C@@H]2CCCN(C(=O)[C@@H]3CC(=O)N(C)C3)C2)n1. The van der Waals surface area contributed by atoms with Crippen molar-refractivity contribution >= 4 is 11.8 Å². The summed E-state index contributed by atoms with van der Waals surface area (Å²) in [5, 5.41) is 4.57. The fraction of sp³-hybridized carbons (Fsp3) is 0.688. The van der Waals surface area contributed by atoms with Crippen molar-refractivity contribution in [3.63, 3.8) is 0 Å². The Labute approximate surface area is 131 Å². The van der Waals surface area contributed by atoms with Gasteiger partial charge in [0.05, 0.1) is 17.7 Å². The van der Waals surface area contributed by atoms with Crippen molar-refractivity contribution in [2.75, 3.05) is 26.7 Å². The van der Waals surface area contributed by atoms with Gasteiger partial charge in [-0.25, -0.2) is 0 Å². The van der Waals surface area contributed by atoms with Crippen LogP contribution in [0.25, 0.3) is 0 Å². The lowest BCUT2D eigenvalue weighted by molar-refractivity contribution is -0.137. The molecule has 2 aliphatic heterocycles. The molecule has 1 aromatic rings. The van der Waals surface area contributed by atoms with Crippen LogP contribution in [0.1, 0.15) is 36.7 Å². The van der Waals surface area contributed by atoms with Gasteiger partial charge in [-0.1, -0.05) is 0 Å². The number of carbonyl (C=O) groups excluding carboxylic acids is 2. The average molecular weight is 304 g/mol. The lowest BCUT2D eigenvalue weighted by atomic mass is 10.0. The van der Waals surface area contributed by atoms with Gasteiger partial charge in [0.15, 0.2) is 0 Å². The Balaban J connectivity index is 1.69. The summed E-state index contributed by atoms with van der Waals surface area (Å²) in [6.07, 6.45) is 2.40. The summed E-state index contributed by atoms with van der Waals surface area (Å²) in [5.41, 5.74) is 2.16. The molecule has 120 valence electrons. The summed E-state index contributed by atoms with van der Waals surface area (Å²) in [4.78, 5) is 27.9. The zero-order valence-corrected chi connectivity index (χ0v) is 13.6. The molecule has 0 radical (unpaired) electrons. The number of likely N-dealkylation sites (tertiary alicyclic amines) is 2. The van der Waals surface area contributed by atoms with E-state index in [9.17, 15) is 9.59 Å².